The summed E-state index contributed by atoms with van der Waals surface area (Å²) >= 11 is 0. The number of carbonyl (C=O) groups is 1. The first-order chi connectivity index (χ1) is 13.3. The third kappa shape index (κ3) is 3.25. The third-order valence-corrected chi connectivity index (χ3v) is 4.56. The van der Waals surface area contributed by atoms with Gasteiger partial charge in [-0.05, 0) is 49.7 Å². The molecule has 0 unspecified atom stereocenters. The van der Waals surface area contributed by atoms with Crippen molar-refractivity contribution in [1.29, 1.82) is 0 Å². The van der Waals surface area contributed by atoms with Crippen LogP contribution in [0.15, 0.2) is 65.3 Å². The van der Waals surface area contributed by atoms with Crippen LogP contribution < -0.4 is 5.73 Å². The Labute approximate surface area is 161 Å². The van der Waals surface area contributed by atoms with Crippen molar-refractivity contribution in [2.45, 2.75) is 19.4 Å². The zero-order valence-electron chi connectivity index (χ0n) is 15.5. The summed E-state index contributed by atoms with van der Waals surface area (Å²) < 4.78 is 6.10. The second kappa shape index (κ2) is 6.58. The highest BCUT2D eigenvalue weighted by Gasteiger charge is 2.19. The smallest absolute Gasteiger partial charge is 0.248 e. The summed E-state index contributed by atoms with van der Waals surface area (Å²) in [5.74, 6) is 0.170. The molecule has 0 aliphatic rings. The van der Waals surface area contributed by atoms with Gasteiger partial charge in [-0.2, -0.15) is 0 Å². The molecule has 0 radical (unpaired) electrons. The summed E-state index contributed by atoms with van der Waals surface area (Å²) in [6.45, 7) is 3.39. The summed E-state index contributed by atoms with van der Waals surface area (Å²) in [5, 5.41) is 10.3. The first kappa shape index (κ1) is 17.9. The van der Waals surface area contributed by atoms with Gasteiger partial charge in [0.15, 0.2) is 5.58 Å². The molecule has 0 spiro atoms. The van der Waals surface area contributed by atoms with Crippen molar-refractivity contribution in [2.75, 3.05) is 0 Å². The number of fused-ring (bicyclic) bond motifs is 1. The van der Waals surface area contributed by atoms with Crippen LogP contribution >= 0.6 is 0 Å². The molecule has 0 bridgehead atoms. The normalized spacial score (nSPS) is 11.7. The Kier molecular flexibility index (Phi) is 4.20. The van der Waals surface area contributed by atoms with E-state index in [1.807, 2.05) is 24.3 Å². The molecule has 0 atom stereocenters. The molecule has 3 N–H and O–H groups in total. The van der Waals surface area contributed by atoms with Gasteiger partial charge in [-0.25, -0.2) is 0 Å². The Hall–Kier alpha value is -3.51. The molecular formula is C22H19N3O3. The van der Waals surface area contributed by atoms with Crippen molar-refractivity contribution in [3.63, 3.8) is 0 Å². The second-order valence-corrected chi connectivity index (χ2v) is 7.11. The molecule has 4 rings (SSSR count). The van der Waals surface area contributed by atoms with E-state index in [9.17, 15) is 9.90 Å². The molecule has 6 heteroatoms. The van der Waals surface area contributed by atoms with Crippen LogP contribution in [0, 0.1) is 0 Å². The van der Waals surface area contributed by atoms with Crippen LogP contribution in [-0.2, 0) is 5.60 Å². The van der Waals surface area contributed by atoms with Crippen LogP contribution in [0.3, 0.4) is 0 Å². The fraction of sp³-hybridized carbons (Fsp3) is 0.136. The predicted octanol–water partition coefficient (Wildman–Crippen LogP) is 3.88. The maximum absolute atomic E-state index is 11.3. The number of nitrogens with zero attached hydrogens (tertiary/aromatic N) is 2. The van der Waals surface area contributed by atoms with Crippen molar-refractivity contribution in [3.05, 3.63) is 72.2 Å². The summed E-state index contributed by atoms with van der Waals surface area (Å²) in [4.78, 5) is 19.9. The van der Waals surface area contributed by atoms with Gasteiger partial charge in [0.05, 0.1) is 5.69 Å². The SMILES string of the molecule is CC(C)(O)c1cc(-c2ccnc3cc(-c4ccc(C(N)=O)cc4)oc23)ccn1. The Morgan fingerprint density at radius 3 is 2.39 bits per heavy atom. The number of aromatic nitrogens is 2. The largest absolute Gasteiger partial charge is 0.454 e. The topological polar surface area (TPSA) is 102 Å². The summed E-state index contributed by atoms with van der Waals surface area (Å²) in [6, 6.07) is 14.3. The average molecular weight is 373 g/mol. The molecule has 28 heavy (non-hydrogen) atoms. The second-order valence-electron chi connectivity index (χ2n) is 7.11. The molecule has 0 aliphatic heterocycles. The van der Waals surface area contributed by atoms with Gasteiger partial charge in [-0.15, -0.1) is 0 Å². The van der Waals surface area contributed by atoms with Gasteiger partial charge in [0.25, 0.3) is 0 Å². The molecule has 0 aliphatic carbocycles. The van der Waals surface area contributed by atoms with E-state index in [-0.39, 0.29) is 0 Å². The number of primary amides is 1. The van der Waals surface area contributed by atoms with Crippen LogP contribution in [0.4, 0.5) is 0 Å². The van der Waals surface area contributed by atoms with Crippen molar-refractivity contribution < 1.29 is 14.3 Å². The standard InChI is InChI=1S/C22H19N3O3/c1-22(2,27)19-11-15(7-9-25-19)16-8-10-24-17-12-18(28-20(16)17)13-3-5-14(6-4-13)21(23)26/h3-12,27H,1-2H3,(H2,23,26). The van der Waals surface area contributed by atoms with Crippen LogP contribution in [-0.4, -0.2) is 21.0 Å². The van der Waals surface area contributed by atoms with Gasteiger partial charge < -0.3 is 15.3 Å². The Morgan fingerprint density at radius 2 is 1.71 bits per heavy atom. The number of hydrogen-bond acceptors (Lipinski definition) is 5. The molecule has 4 aromatic rings. The number of nitrogens with two attached hydrogens (primary N) is 1. The lowest BCUT2D eigenvalue weighted by molar-refractivity contribution is 0.0739. The van der Waals surface area contributed by atoms with E-state index in [4.69, 9.17) is 10.2 Å². The summed E-state index contributed by atoms with van der Waals surface area (Å²) in [6.07, 6.45) is 3.39. The number of rotatable bonds is 4. The van der Waals surface area contributed by atoms with Gasteiger partial charge in [0.1, 0.15) is 16.9 Å². The van der Waals surface area contributed by atoms with Crippen LogP contribution in [0.2, 0.25) is 0 Å². The Morgan fingerprint density at radius 1 is 1.00 bits per heavy atom. The molecule has 0 saturated carbocycles. The Balaban J connectivity index is 1.81. The predicted molar refractivity (Wildman–Crippen MR) is 106 cm³/mol. The highest BCUT2D eigenvalue weighted by atomic mass is 16.3. The first-order valence-electron chi connectivity index (χ1n) is 8.81. The monoisotopic (exact) mass is 373 g/mol. The Bertz CT molecular complexity index is 1170. The van der Waals surface area contributed by atoms with Crippen molar-refractivity contribution >= 4 is 17.0 Å². The third-order valence-electron chi connectivity index (χ3n) is 4.56. The lowest BCUT2D eigenvalue weighted by Gasteiger charge is -2.17. The fourth-order valence-electron chi connectivity index (χ4n) is 3.04. The highest BCUT2D eigenvalue weighted by molar-refractivity contribution is 5.94. The quantitative estimate of drug-likeness (QED) is 0.565. The number of amides is 1. The van der Waals surface area contributed by atoms with Crippen LogP contribution in [0.25, 0.3) is 33.6 Å². The molecule has 0 saturated heterocycles. The molecule has 3 heterocycles. The molecule has 3 aromatic heterocycles. The molecule has 1 amide bonds. The molecular weight excluding hydrogens is 354 g/mol. The van der Waals surface area contributed by atoms with E-state index in [1.54, 1.807) is 50.5 Å². The summed E-state index contributed by atoms with van der Waals surface area (Å²) in [5.41, 5.74) is 9.18. The maximum Gasteiger partial charge on any atom is 0.248 e. The van der Waals surface area contributed by atoms with Gasteiger partial charge in [-0.1, -0.05) is 12.1 Å². The van der Waals surface area contributed by atoms with E-state index in [1.165, 1.54) is 0 Å². The van der Waals surface area contributed by atoms with E-state index in [0.29, 0.717) is 28.1 Å². The van der Waals surface area contributed by atoms with E-state index >= 15 is 0 Å². The zero-order valence-corrected chi connectivity index (χ0v) is 15.5. The number of aliphatic hydroxyl groups is 1. The van der Waals surface area contributed by atoms with Gasteiger partial charge in [0, 0.05) is 35.2 Å². The number of pyridine rings is 2. The number of benzene rings is 1. The lowest BCUT2D eigenvalue weighted by atomic mass is 10.00. The minimum Gasteiger partial charge on any atom is -0.454 e. The van der Waals surface area contributed by atoms with E-state index < -0.39 is 11.5 Å². The maximum atomic E-state index is 11.3. The van der Waals surface area contributed by atoms with E-state index in [2.05, 4.69) is 9.97 Å². The fourth-order valence-corrected chi connectivity index (χ4v) is 3.04. The minimum atomic E-state index is -1.04. The molecule has 6 nitrogen and oxygen atoms in total. The molecule has 1 aromatic carbocycles. The van der Waals surface area contributed by atoms with Gasteiger partial charge in [0.2, 0.25) is 5.91 Å². The highest BCUT2D eigenvalue weighted by Crippen LogP contribution is 2.34. The molecule has 140 valence electrons. The first-order valence-corrected chi connectivity index (χ1v) is 8.81. The number of furan rings is 1. The van der Waals surface area contributed by atoms with Crippen LogP contribution in [0.1, 0.15) is 29.9 Å². The van der Waals surface area contributed by atoms with Gasteiger partial charge >= 0.3 is 0 Å². The molecule has 0 fully saturated rings. The van der Waals surface area contributed by atoms with Gasteiger partial charge in [-0.3, -0.25) is 14.8 Å². The van der Waals surface area contributed by atoms with Crippen molar-refractivity contribution in [2.24, 2.45) is 5.73 Å². The van der Waals surface area contributed by atoms with Crippen molar-refractivity contribution in [3.8, 4) is 22.5 Å². The van der Waals surface area contributed by atoms with Crippen molar-refractivity contribution in [1.82, 2.24) is 9.97 Å². The van der Waals surface area contributed by atoms with Crippen LogP contribution in [0.5, 0.6) is 0 Å². The lowest BCUT2D eigenvalue weighted by Crippen LogP contribution is -2.17. The average Bonchev–Trinajstić information content (AvgIpc) is 3.12. The number of hydrogen-bond donors (Lipinski definition) is 2. The van der Waals surface area contributed by atoms with E-state index in [0.717, 1.165) is 16.7 Å². The zero-order chi connectivity index (χ0) is 19.9. The minimum absolute atomic E-state index is 0.439. The number of carbonyl (C=O) groups excluding carboxylic acids is 1. The summed E-state index contributed by atoms with van der Waals surface area (Å²) in [7, 11) is 0.